The second kappa shape index (κ2) is 7.53. The monoisotopic (exact) mass is 416 g/mol. The molecule has 0 fully saturated rings. The first kappa shape index (κ1) is 19.5. The van der Waals surface area contributed by atoms with Crippen LogP contribution in [0.15, 0.2) is 65.7 Å². The lowest BCUT2D eigenvalue weighted by Crippen LogP contribution is -2.42. The Hall–Kier alpha value is -2.84. The lowest BCUT2D eigenvalue weighted by atomic mass is 10.0. The van der Waals surface area contributed by atoms with Gasteiger partial charge >= 0.3 is 0 Å². The molecule has 4 rings (SSSR count). The van der Waals surface area contributed by atoms with E-state index in [1.165, 1.54) is 22.5 Å². The number of methoxy groups -OCH3 is 2. The van der Waals surface area contributed by atoms with E-state index in [0.717, 1.165) is 11.8 Å². The van der Waals surface area contributed by atoms with Gasteiger partial charge in [0, 0.05) is 30.5 Å². The molecule has 2 heterocycles. The summed E-state index contributed by atoms with van der Waals surface area (Å²) in [6.45, 7) is 0.741. The highest BCUT2D eigenvalue weighted by Crippen LogP contribution is 2.41. The second-order valence-electron chi connectivity index (χ2n) is 6.71. The molecular formula is C21H21FN2O4S. The van der Waals surface area contributed by atoms with Gasteiger partial charge in [-0.3, -0.25) is 0 Å². The third-order valence-corrected chi connectivity index (χ3v) is 6.99. The summed E-state index contributed by atoms with van der Waals surface area (Å²) < 4.78 is 55.0. The lowest BCUT2D eigenvalue weighted by Gasteiger charge is -2.37. The Labute approximate surface area is 169 Å². The van der Waals surface area contributed by atoms with Crippen LogP contribution in [0.5, 0.6) is 11.5 Å². The number of nitrogens with zero attached hydrogens (tertiary/aromatic N) is 2. The number of fused-ring (bicyclic) bond motifs is 1. The molecule has 2 aromatic carbocycles. The van der Waals surface area contributed by atoms with Crippen LogP contribution in [-0.2, 0) is 16.6 Å². The van der Waals surface area contributed by atoms with Crippen LogP contribution < -0.4 is 9.47 Å². The zero-order chi connectivity index (χ0) is 20.6. The molecule has 0 saturated heterocycles. The molecule has 0 spiro atoms. The van der Waals surface area contributed by atoms with Gasteiger partial charge in [-0.15, -0.1) is 0 Å². The molecule has 0 saturated carbocycles. The van der Waals surface area contributed by atoms with Crippen molar-refractivity contribution in [1.82, 2.24) is 8.87 Å². The van der Waals surface area contributed by atoms with Gasteiger partial charge in [0.15, 0.2) is 0 Å². The van der Waals surface area contributed by atoms with Gasteiger partial charge in [-0.2, -0.15) is 4.31 Å². The first-order valence-corrected chi connectivity index (χ1v) is 10.5. The van der Waals surface area contributed by atoms with Crippen LogP contribution in [0.25, 0.3) is 0 Å². The Morgan fingerprint density at radius 1 is 1.00 bits per heavy atom. The van der Waals surface area contributed by atoms with Crippen molar-refractivity contribution in [3.8, 4) is 11.5 Å². The molecule has 152 valence electrons. The largest absolute Gasteiger partial charge is 0.497 e. The fourth-order valence-electron chi connectivity index (χ4n) is 3.75. The molecule has 6 nitrogen and oxygen atoms in total. The minimum absolute atomic E-state index is 0.0793. The zero-order valence-corrected chi connectivity index (χ0v) is 16.9. The van der Waals surface area contributed by atoms with E-state index in [0.29, 0.717) is 23.6 Å². The normalized spacial score (nSPS) is 17.0. The van der Waals surface area contributed by atoms with E-state index >= 15 is 0 Å². The average molecular weight is 416 g/mol. The number of ether oxygens (including phenoxy) is 2. The summed E-state index contributed by atoms with van der Waals surface area (Å²) in [4.78, 5) is -0.0793. The Morgan fingerprint density at radius 2 is 1.83 bits per heavy atom. The zero-order valence-electron chi connectivity index (χ0n) is 16.1. The Kier molecular flexibility index (Phi) is 5.06. The van der Waals surface area contributed by atoms with Crippen LogP contribution in [0.2, 0.25) is 0 Å². The number of rotatable bonds is 5. The van der Waals surface area contributed by atoms with Crippen LogP contribution in [0.1, 0.15) is 17.3 Å². The standard InChI is InChI=1S/C21H21FN2O4S/c1-27-16-8-9-20(28-2)18(14-16)21-19-7-4-10-23(19)11-12-24(21)29(25,26)17-6-3-5-15(22)13-17/h3-10,13-14,21H,11-12H2,1-2H3. The summed E-state index contributed by atoms with van der Waals surface area (Å²) in [5.41, 5.74) is 1.47. The van der Waals surface area contributed by atoms with E-state index in [1.807, 2.05) is 22.9 Å². The van der Waals surface area contributed by atoms with Gasteiger partial charge in [-0.25, -0.2) is 12.8 Å². The van der Waals surface area contributed by atoms with Gasteiger partial charge in [0.2, 0.25) is 10.0 Å². The molecule has 0 radical (unpaired) electrons. The van der Waals surface area contributed by atoms with Crippen molar-refractivity contribution in [2.45, 2.75) is 17.5 Å². The van der Waals surface area contributed by atoms with Gasteiger partial charge in [0.05, 0.1) is 25.2 Å². The number of benzene rings is 2. The minimum atomic E-state index is -3.96. The maximum atomic E-state index is 13.8. The van der Waals surface area contributed by atoms with E-state index in [2.05, 4.69) is 0 Å². The summed E-state index contributed by atoms with van der Waals surface area (Å²) in [5.74, 6) is 0.541. The molecule has 0 N–H and O–H groups in total. The van der Waals surface area contributed by atoms with E-state index < -0.39 is 21.9 Å². The minimum Gasteiger partial charge on any atom is -0.497 e. The van der Waals surface area contributed by atoms with Crippen molar-refractivity contribution < 1.29 is 22.3 Å². The van der Waals surface area contributed by atoms with E-state index in [1.54, 1.807) is 32.4 Å². The third-order valence-electron chi connectivity index (χ3n) is 5.13. The SMILES string of the molecule is COc1ccc(OC)c(C2c3cccn3CCN2S(=O)(=O)c2cccc(F)c2)c1. The molecule has 0 bridgehead atoms. The predicted octanol–water partition coefficient (Wildman–Crippen LogP) is 3.44. The fourth-order valence-corrected chi connectivity index (χ4v) is 5.36. The van der Waals surface area contributed by atoms with Crippen molar-refractivity contribution >= 4 is 10.0 Å². The van der Waals surface area contributed by atoms with Gasteiger partial charge in [0.1, 0.15) is 17.3 Å². The number of sulfonamides is 1. The maximum Gasteiger partial charge on any atom is 0.244 e. The smallest absolute Gasteiger partial charge is 0.244 e. The highest BCUT2D eigenvalue weighted by Gasteiger charge is 2.39. The number of hydrogen-bond acceptors (Lipinski definition) is 4. The first-order chi connectivity index (χ1) is 14.0. The highest BCUT2D eigenvalue weighted by atomic mass is 32.2. The molecule has 3 aromatic rings. The first-order valence-electron chi connectivity index (χ1n) is 9.10. The van der Waals surface area contributed by atoms with Crippen LogP contribution in [0, 0.1) is 5.82 Å². The number of halogens is 1. The van der Waals surface area contributed by atoms with Gasteiger partial charge in [-0.05, 0) is 48.5 Å². The van der Waals surface area contributed by atoms with Crippen molar-refractivity contribution in [2.75, 3.05) is 20.8 Å². The lowest BCUT2D eigenvalue weighted by molar-refractivity contribution is 0.289. The molecule has 1 atom stereocenters. The molecule has 0 amide bonds. The topological polar surface area (TPSA) is 60.8 Å². The van der Waals surface area contributed by atoms with Crippen molar-refractivity contribution in [1.29, 1.82) is 0 Å². The van der Waals surface area contributed by atoms with Crippen molar-refractivity contribution in [3.05, 3.63) is 77.9 Å². The third kappa shape index (κ3) is 3.38. The van der Waals surface area contributed by atoms with Gasteiger partial charge < -0.3 is 14.0 Å². The maximum absolute atomic E-state index is 13.8. The molecule has 1 aromatic heterocycles. The van der Waals surface area contributed by atoms with E-state index in [4.69, 9.17) is 9.47 Å². The molecule has 29 heavy (non-hydrogen) atoms. The summed E-state index contributed by atoms with van der Waals surface area (Å²) in [5, 5.41) is 0. The highest BCUT2D eigenvalue weighted by molar-refractivity contribution is 7.89. The van der Waals surface area contributed by atoms with Crippen LogP contribution in [0.4, 0.5) is 4.39 Å². The molecule has 1 unspecified atom stereocenters. The summed E-state index contributed by atoms with van der Waals surface area (Å²) in [7, 11) is -0.871. The van der Waals surface area contributed by atoms with Gasteiger partial charge in [-0.1, -0.05) is 6.07 Å². The Bertz CT molecular complexity index is 1140. The molecule has 1 aliphatic rings. The van der Waals surface area contributed by atoms with Gasteiger partial charge in [0.25, 0.3) is 0 Å². The second-order valence-corrected chi connectivity index (χ2v) is 8.60. The molecule has 1 aliphatic heterocycles. The Morgan fingerprint density at radius 3 is 2.55 bits per heavy atom. The Balaban J connectivity index is 1.91. The summed E-state index contributed by atoms with van der Waals surface area (Å²) >= 11 is 0. The fraction of sp³-hybridized carbons (Fsp3) is 0.238. The summed E-state index contributed by atoms with van der Waals surface area (Å²) in [6, 6.07) is 13.5. The van der Waals surface area contributed by atoms with Crippen molar-refractivity contribution in [3.63, 3.8) is 0 Å². The average Bonchev–Trinajstić information content (AvgIpc) is 3.21. The van der Waals surface area contributed by atoms with E-state index in [9.17, 15) is 12.8 Å². The van der Waals surface area contributed by atoms with Crippen LogP contribution >= 0.6 is 0 Å². The molecule has 8 heteroatoms. The van der Waals surface area contributed by atoms with Crippen LogP contribution in [-0.4, -0.2) is 38.1 Å². The molecule has 0 aliphatic carbocycles. The number of hydrogen-bond donors (Lipinski definition) is 0. The van der Waals surface area contributed by atoms with E-state index in [-0.39, 0.29) is 11.4 Å². The molecular weight excluding hydrogens is 395 g/mol. The quantitative estimate of drug-likeness (QED) is 0.639. The van der Waals surface area contributed by atoms with Crippen LogP contribution in [0.3, 0.4) is 0 Å². The predicted molar refractivity (Wildman–Crippen MR) is 106 cm³/mol. The summed E-state index contributed by atoms with van der Waals surface area (Å²) in [6.07, 6.45) is 1.92. The number of aromatic nitrogens is 1. The van der Waals surface area contributed by atoms with Crippen molar-refractivity contribution in [2.24, 2.45) is 0 Å².